The first-order chi connectivity index (χ1) is 5.24. The number of hydrogen-bond acceptors (Lipinski definition) is 2. The molecule has 0 aromatic carbocycles. The Kier molecular flexibility index (Phi) is 3.27. The molecule has 11 heavy (non-hydrogen) atoms. The van der Waals surface area contributed by atoms with Crippen LogP contribution in [0, 0.1) is 0 Å². The Balaban J connectivity index is 2.81. The molecule has 0 saturated heterocycles. The molecule has 0 N–H and O–H groups in total. The summed E-state index contributed by atoms with van der Waals surface area (Å²) >= 11 is 8.94. The van der Waals surface area contributed by atoms with E-state index in [2.05, 4.69) is 32.8 Å². The van der Waals surface area contributed by atoms with Crippen molar-refractivity contribution >= 4 is 27.5 Å². The van der Waals surface area contributed by atoms with E-state index in [-0.39, 0.29) is 0 Å². The van der Waals surface area contributed by atoms with Crippen LogP contribution in [-0.4, -0.2) is 15.3 Å². The molecule has 4 heteroatoms. The zero-order chi connectivity index (χ0) is 8.27. The van der Waals surface area contributed by atoms with Crippen LogP contribution in [0.3, 0.4) is 0 Å². The van der Waals surface area contributed by atoms with E-state index in [4.69, 9.17) is 11.6 Å². The van der Waals surface area contributed by atoms with Crippen molar-refractivity contribution in [2.45, 2.75) is 12.8 Å². The Morgan fingerprint density at radius 2 is 2.27 bits per heavy atom. The van der Waals surface area contributed by atoms with E-state index in [1.165, 1.54) is 0 Å². The van der Waals surface area contributed by atoms with Gasteiger partial charge in [-0.05, 0) is 0 Å². The molecule has 1 unspecified atom stereocenters. The number of halogens is 2. The summed E-state index contributed by atoms with van der Waals surface area (Å²) in [6.07, 6.45) is 3.27. The molecule has 0 aliphatic rings. The van der Waals surface area contributed by atoms with Gasteiger partial charge >= 0.3 is 0 Å². The zero-order valence-electron chi connectivity index (χ0n) is 6.09. The van der Waals surface area contributed by atoms with Crippen LogP contribution in [-0.2, 0) is 0 Å². The van der Waals surface area contributed by atoms with Gasteiger partial charge in [-0.15, -0.1) is 0 Å². The standard InChI is InChI=1S/C7H8BrClN2/c1-5(2-8)6-3-11-7(9)4-10-6/h3-5H,2H2,1H3. The quantitative estimate of drug-likeness (QED) is 0.737. The second-order valence-corrected chi connectivity index (χ2v) is 3.35. The van der Waals surface area contributed by atoms with Gasteiger partial charge in [0, 0.05) is 11.2 Å². The number of nitrogens with zero attached hydrogens (tertiary/aromatic N) is 2. The highest BCUT2D eigenvalue weighted by molar-refractivity contribution is 9.09. The third-order valence-electron chi connectivity index (χ3n) is 1.38. The molecular formula is C7H8BrClN2. The van der Waals surface area contributed by atoms with Gasteiger partial charge in [0.1, 0.15) is 5.15 Å². The van der Waals surface area contributed by atoms with E-state index in [0.717, 1.165) is 11.0 Å². The molecule has 0 aliphatic heterocycles. The summed E-state index contributed by atoms with van der Waals surface area (Å²) in [5.74, 6) is 0.389. The summed E-state index contributed by atoms with van der Waals surface area (Å²) in [6, 6.07) is 0. The van der Waals surface area contributed by atoms with Crippen LogP contribution >= 0.6 is 27.5 Å². The molecule has 0 fully saturated rings. The van der Waals surface area contributed by atoms with Crippen LogP contribution in [0.1, 0.15) is 18.5 Å². The monoisotopic (exact) mass is 234 g/mol. The van der Waals surface area contributed by atoms with E-state index >= 15 is 0 Å². The van der Waals surface area contributed by atoms with Crippen molar-refractivity contribution in [3.63, 3.8) is 0 Å². The molecule has 1 aromatic heterocycles. The Bertz CT molecular complexity index is 224. The lowest BCUT2D eigenvalue weighted by molar-refractivity contribution is 0.829. The Labute approximate surface area is 79.1 Å². The van der Waals surface area contributed by atoms with E-state index in [9.17, 15) is 0 Å². The number of aromatic nitrogens is 2. The largest absolute Gasteiger partial charge is 0.256 e. The summed E-state index contributed by atoms with van der Waals surface area (Å²) in [6.45, 7) is 2.08. The average molecular weight is 236 g/mol. The Morgan fingerprint density at radius 1 is 1.55 bits per heavy atom. The zero-order valence-corrected chi connectivity index (χ0v) is 8.43. The first-order valence-electron chi connectivity index (χ1n) is 3.27. The number of alkyl halides is 1. The summed E-state index contributed by atoms with van der Waals surface area (Å²) in [5.41, 5.74) is 0.964. The van der Waals surface area contributed by atoms with Gasteiger partial charge in [-0.3, -0.25) is 4.98 Å². The minimum absolute atomic E-state index is 0.389. The molecule has 0 saturated carbocycles. The van der Waals surface area contributed by atoms with Crippen molar-refractivity contribution in [2.24, 2.45) is 0 Å². The maximum Gasteiger partial charge on any atom is 0.147 e. The molecule has 0 radical (unpaired) electrons. The lowest BCUT2D eigenvalue weighted by Gasteiger charge is -2.04. The van der Waals surface area contributed by atoms with Gasteiger partial charge in [0.05, 0.1) is 18.1 Å². The first-order valence-corrected chi connectivity index (χ1v) is 4.77. The van der Waals surface area contributed by atoms with Crippen LogP contribution in [0.2, 0.25) is 5.15 Å². The number of hydrogen-bond donors (Lipinski definition) is 0. The van der Waals surface area contributed by atoms with Gasteiger partial charge in [0.2, 0.25) is 0 Å². The summed E-state index contributed by atoms with van der Waals surface area (Å²) in [4.78, 5) is 8.05. The molecular weight excluding hydrogens is 227 g/mol. The van der Waals surface area contributed by atoms with Crippen molar-refractivity contribution in [2.75, 3.05) is 5.33 Å². The predicted molar refractivity (Wildman–Crippen MR) is 49.3 cm³/mol. The highest BCUT2D eigenvalue weighted by Gasteiger charge is 2.04. The molecule has 0 bridgehead atoms. The van der Waals surface area contributed by atoms with Crippen LogP contribution in [0.25, 0.3) is 0 Å². The smallest absolute Gasteiger partial charge is 0.147 e. The second-order valence-electron chi connectivity index (χ2n) is 2.32. The van der Waals surface area contributed by atoms with Gasteiger partial charge in [-0.25, -0.2) is 4.98 Å². The van der Waals surface area contributed by atoms with Gasteiger partial charge in [-0.1, -0.05) is 34.5 Å². The molecule has 60 valence electrons. The molecule has 1 atom stereocenters. The van der Waals surface area contributed by atoms with Gasteiger partial charge in [0.15, 0.2) is 0 Å². The predicted octanol–water partition coefficient (Wildman–Crippen LogP) is 2.63. The van der Waals surface area contributed by atoms with Crippen LogP contribution in [0.15, 0.2) is 12.4 Å². The van der Waals surface area contributed by atoms with Crippen molar-refractivity contribution in [1.82, 2.24) is 9.97 Å². The molecule has 0 amide bonds. The fourth-order valence-electron chi connectivity index (χ4n) is 0.656. The molecule has 2 nitrogen and oxygen atoms in total. The van der Waals surface area contributed by atoms with Crippen LogP contribution < -0.4 is 0 Å². The minimum atomic E-state index is 0.389. The summed E-state index contributed by atoms with van der Waals surface area (Å²) in [7, 11) is 0. The first kappa shape index (κ1) is 8.94. The average Bonchev–Trinajstić information content (AvgIpc) is 2.05. The third-order valence-corrected chi connectivity index (χ3v) is 2.54. The fraction of sp³-hybridized carbons (Fsp3) is 0.429. The van der Waals surface area contributed by atoms with E-state index in [1.54, 1.807) is 12.4 Å². The van der Waals surface area contributed by atoms with Crippen molar-refractivity contribution < 1.29 is 0 Å². The lowest BCUT2D eigenvalue weighted by atomic mass is 10.1. The fourth-order valence-corrected chi connectivity index (χ4v) is 1.09. The Morgan fingerprint density at radius 3 is 2.73 bits per heavy atom. The van der Waals surface area contributed by atoms with Gasteiger partial charge < -0.3 is 0 Å². The van der Waals surface area contributed by atoms with Crippen LogP contribution in [0.4, 0.5) is 0 Å². The lowest BCUT2D eigenvalue weighted by Crippen LogP contribution is -1.98. The van der Waals surface area contributed by atoms with E-state index in [0.29, 0.717) is 11.1 Å². The molecule has 1 heterocycles. The van der Waals surface area contributed by atoms with Gasteiger partial charge in [0.25, 0.3) is 0 Å². The SMILES string of the molecule is CC(CBr)c1cnc(Cl)cn1. The highest BCUT2D eigenvalue weighted by atomic mass is 79.9. The highest BCUT2D eigenvalue weighted by Crippen LogP contribution is 2.14. The van der Waals surface area contributed by atoms with Crippen molar-refractivity contribution in [3.8, 4) is 0 Å². The molecule has 0 spiro atoms. The molecule has 1 rings (SSSR count). The number of rotatable bonds is 2. The molecule has 0 aliphatic carbocycles. The van der Waals surface area contributed by atoms with E-state index < -0.39 is 0 Å². The second kappa shape index (κ2) is 4.02. The summed E-state index contributed by atoms with van der Waals surface area (Å²) < 4.78 is 0. The summed E-state index contributed by atoms with van der Waals surface area (Å²) in [5, 5.41) is 1.33. The topological polar surface area (TPSA) is 25.8 Å². The minimum Gasteiger partial charge on any atom is -0.256 e. The third kappa shape index (κ3) is 2.42. The maximum atomic E-state index is 5.57. The van der Waals surface area contributed by atoms with Gasteiger partial charge in [-0.2, -0.15) is 0 Å². The Hall–Kier alpha value is -0.150. The van der Waals surface area contributed by atoms with Crippen molar-refractivity contribution in [1.29, 1.82) is 0 Å². The van der Waals surface area contributed by atoms with Crippen LogP contribution in [0.5, 0.6) is 0 Å². The maximum absolute atomic E-state index is 5.57. The van der Waals surface area contributed by atoms with E-state index in [1.807, 2.05) is 0 Å². The van der Waals surface area contributed by atoms with Crippen molar-refractivity contribution in [3.05, 3.63) is 23.2 Å². The normalized spacial score (nSPS) is 13.0. The molecule has 1 aromatic rings.